The monoisotopic (exact) mass is 456 g/mol. The minimum atomic E-state index is -0.131. The molecule has 0 aromatic rings. The summed E-state index contributed by atoms with van der Waals surface area (Å²) in [4.78, 5) is 26.1. The average molecular weight is 457 g/mol. The minimum absolute atomic E-state index is 0.0311. The van der Waals surface area contributed by atoms with Gasteiger partial charge in [-0.05, 0) is 98.2 Å². The second kappa shape index (κ2) is 8.70. The van der Waals surface area contributed by atoms with Crippen molar-refractivity contribution in [3.8, 4) is 0 Å². The largest absolute Gasteiger partial charge is 0.393 e. The molecule has 5 heteroatoms. The van der Waals surface area contributed by atoms with Gasteiger partial charge in [-0.1, -0.05) is 32.4 Å². The van der Waals surface area contributed by atoms with Gasteiger partial charge in [-0.3, -0.25) is 9.59 Å². The number of hydrogen-bond donors (Lipinski definition) is 2. The van der Waals surface area contributed by atoms with Crippen molar-refractivity contribution >= 4 is 11.8 Å². The maximum atomic E-state index is 12.7. The highest BCUT2D eigenvalue weighted by Gasteiger charge is 2.59. The van der Waals surface area contributed by atoms with Crippen molar-refractivity contribution < 1.29 is 14.7 Å². The molecule has 4 aliphatic carbocycles. The Balaban J connectivity index is 1.24. The van der Waals surface area contributed by atoms with Crippen molar-refractivity contribution in [3.63, 3.8) is 0 Å². The zero-order valence-corrected chi connectivity index (χ0v) is 20.9. The van der Waals surface area contributed by atoms with E-state index >= 15 is 0 Å². The van der Waals surface area contributed by atoms with Crippen LogP contribution in [0.4, 0.5) is 0 Å². The van der Waals surface area contributed by atoms with Gasteiger partial charge in [0.15, 0.2) is 0 Å². The van der Waals surface area contributed by atoms with Crippen molar-refractivity contribution in [3.05, 3.63) is 11.6 Å². The van der Waals surface area contributed by atoms with Gasteiger partial charge >= 0.3 is 0 Å². The molecular weight excluding hydrogens is 412 g/mol. The molecule has 5 aliphatic rings. The Morgan fingerprint density at radius 1 is 1.21 bits per heavy atom. The van der Waals surface area contributed by atoms with Crippen LogP contribution in [0.1, 0.15) is 85.0 Å². The molecule has 0 unspecified atom stereocenters. The highest BCUT2D eigenvalue weighted by atomic mass is 16.3. The number of piperazine rings is 1. The van der Waals surface area contributed by atoms with E-state index in [2.05, 4.69) is 32.2 Å². The molecule has 0 bridgehead atoms. The van der Waals surface area contributed by atoms with E-state index in [9.17, 15) is 14.7 Å². The van der Waals surface area contributed by atoms with E-state index in [4.69, 9.17) is 0 Å². The van der Waals surface area contributed by atoms with Gasteiger partial charge in [-0.25, -0.2) is 0 Å². The Labute approximate surface area is 199 Å². The number of fused-ring (bicyclic) bond motifs is 5. The Bertz CT molecular complexity index is 824. The minimum Gasteiger partial charge on any atom is -0.393 e. The van der Waals surface area contributed by atoms with Gasteiger partial charge in [0.25, 0.3) is 0 Å². The van der Waals surface area contributed by atoms with Gasteiger partial charge in [0, 0.05) is 19.5 Å². The van der Waals surface area contributed by atoms with Crippen LogP contribution in [0.15, 0.2) is 11.6 Å². The number of aliphatic hydroxyl groups excluding tert-OH is 1. The molecule has 33 heavy (non-hydrogen) atoms. The molecule has 2 amide bonds. The van der Waals surface area contributed by atoms with Crippen LogP contribution >= 0.6 is 0 Å². The molecule has 0 aromatic heterocycles. The summed E-state index contributed by atoms with van der Waals surface area (Å²) in [6, 6.07) is 0. The van der Waals surface area contributed by atoms with Crippen LogP contribution in [-0.4, -0.2) is 47.6 Å². The molecule has 1 heterocycles. The van der Waals surface area contributed by atoms with Crippen molar-refractivity contribution in [1.29, 1.82) is 0 Å². The van der Waals surface area contributed by atoms with Crippen molar-refractivity contribution in [1.82, 2.24) is 10.2 Å². The average Bonchev–Trinajstić information content (AvgIpc) is 3.15. The maximum absolute atomic E-state index is 12.7. The quantitative estimate of drug-likeness (QED) is 0.620. The summed E-state index contributed by atoms with van der Waals surface area (Å²) in [5.74, 6) is 3.74. The summed E-state index contributed by atoms with van der Waals surface area (Å²) >= 11 is 0. The molecule has 3 saturated carbocycles. The van der Waals surface area contributed by atoms with Gasteiger partial charge in [-0.2, -0.15) is 0 Å². The van der Waals surface area contributed by atoms with E-state index in [1.165, 1.54) is 32.1 Å². The van der Waals surface area contributed by atoms with Crippen LogP contribution in [0.5, 0.6) is 0 Å². The van der Waals surface area contributed by atoms with Crippen LogP contribution in [0.2, 0.25) is 0 Å². The molecule has 1 saturated heterocycles. The zero-order chi connectivity index (χ0) is 23.4. The van der Waals surface area contributed by atoms with E-state index in [1.54, 1.807) is 10.5 Å². The number of hydrogen-bond acceptors (Lipinski definition) is 3. The molecule has 2 N–H and O–H groups in total. The highest BCUT2D eigenvalue weighted by Crippen LogP contribution is 2.67. The first-order valence-corrected chi connectivity index (χ1v) is 13.6. The third-order valence-corrected chi connectivity index (χ3v) is 11.0. The predicted molar refractivity (Wildman–Crippen MR) is 129 cm³/mol. The molecule has 184 valence electrons. The standard InChI is InChI=1S/C28H44N2O3/c1-18(4-9-26(33)30-15-14-29-25(32)17-30)22-7-8-23-21-6-5-19-16-20(31)10-12-27(19,2)24(21)11-13-28(22,23)3/h5,18,20-24,31H,4,6-17H2,1-3H3,(H,29,32)/t18-,20+,21+,22-,23+,24+,27+,28-/m1/s1. The van der Waals surface area contributed by atoms with Gasteiger partial charge in [-0.15, -0.1) is 0 Å². The summed E-state index contributed by atoms with van der Waals surface area (Å²) in [5, 5.41) is 13.1. The molecule has 5 nitrogen and oxygen atoms in total. The Hall–Kier alpha value is -1.36. The van der Waals surface area contributed by atoms with Crippen LogP contribution < -0.4 is 5.32 Å². The number of rotatable bonds is 4. The van der Waals surface area contributed by atoms with E-state index < -0.39 is 0 Å². The topological polar surface area (TPSA) is 69.6 Å². The highest BCUT2D eigenvalue weighted by molar-refractivity contribution is 5.85. The predicted octanol–water partition coefficient (Wildman–Crippen LogP) is 4.30. The SMILES string of the molecule is C[C@H](CCC(=O)N1CCNC(=O)C1)[C@H]1CC[C@H]2[C@@H]3CC=C4C[C@@H](O)CC[C@]4(C)[C@H]3CC[C@]12C. The molecule has 0 spiro atoms. The summed E-state index contributed by atoms with van der Waals surface area (Å²) in [6.07, 6.45) is 13.4. The summed E-state index contributed by atoms with van der Waals surface area (Å²) < 4.78 is 0. The van der Waals surface area contributed by atoms with Gasteiger partial charge in [0.2, 0.25) is 11.8 Å². The lowest BCUT2D eigenvalue weighted by molar-refractivity contribution is -0.138. The number of amides is 2. The van der Waals surface area contributed by atoms with Crippen LogP contribution in [0.25, 0.3) is 0 Å². The molecule has 0 aromatic carbocycles. The fourth-order valence-electron chi connectivity index (χ4n) is 9.18. The first-order valence-electron chi connectivity index (χ1n) is 13.6. The lowest BCUT2D eigenvalue weighted by Crippen LogP contribution is -2.51. The van der Waals surface area contributed by atoms with Crippen LogP contribution in [0, 0.1) is 40.4 Å². The molecule has 4 fully saturated rings. The van der Waals surface area contributed by atoms with Crippen LogP contribution in [0.3, 0.4) is 0 Å². The summed E-state index contributed by atoms with van der Waals surface area (Å²) in [6.45, 7) is 8.92. The number of nitrogens with zero attached hydrogens (tertiary/aromatic N) is 1. The Morgan fingerprint density at radius 3 is 2.82 bits per heavy atom. The summed E-state index contributed by atoms with van der Waals surface area (Å²) in [7, 11) is 0. The molecule has 1 aliphatic heterocycles. The van der Waals surface area contributed by atoms with E-state index in [0.29, 0.717) is 42.2 Å². The van der Waals surface area contributed by atoms with E-state index in [1.807, 2.05) is 0 Å². The second-order valence-electron chi connectivity index (χ2n) is 12.6. The number of allylic oxidation sites excluding steroid dienone is 1. The van der Waals surface area contributed by atoms with E-state index in [0.717, 1.165) is 43.4 Å². The Kier molecular flexibility index (Phi) is 6.16. The van der Waals surface area contributed by atoms with Gasteiger partial charge in [0.1, 0.15) is 0 Å². The zero-order valence-electron chi connectivity index (χ0n) is 20.9. The van der Waals surface area contributed by atoms with Gasteiger partial charge < -0.3 is 15.3 Å². The van der Waals surface area contributed by atoms with Crippen LogP contribution in [-0.2, 0) is 9.59 Å². The van der Waals surface area contributed by atoms with Crippen molar-refractivity contribution in [2.45, 2.75) is 91.1 Å². The number of carbonyl (C=O) groups excluding carboxylic acids is 2. The van der Waals surface area contributed by atoms with Crippen molar-refractivity contribution in [2.24, 2.45) is 40.4 Å². The fourth-order valence-corrected chi connectivity index (χ4v) is 9.18. The first kappa shape index (κ1) is 23.4. The Morgan fingerprint density at radius 2 is 2.03 bits per heavy atom. The fraction of sp³-hybridized carbons (Fsp3) is 0.857. The second-order valence-corrected chi connectivity index (χ2v) is 12.6. The lowest BCUT2D eigenvalue weighted by Gasteiger charge is -2.58. The molecule has 0 radical (unpaired) electrons. The number of aliphatic hydroxyl groups is 1. The lowest BCUT2D eigenvalue weighted by atomic mass is 9.47. The third-order valence-electron chi connectivity index (χ3n) is 11.0. The third kappa shape index (κ3) is 3.96. The first-order chi connectivity index (χ1) is 15.7. The molecule has 5 rings (SSSR count). The normalized spacial score (nSPS) is 43.6. The maximum Gasteiger partial charge on any atom is 0.239 e. The summed E-state index contributed by atoms with van der Waals surface area (Å²) in [5.41, 5.74) is 2.25. The molecular formula is C28H44N2O3. The van der Waals surface area contributed by atoms with Gasteiger partial charge in [0.05, 0.1) is 12.6 Å². The number of nitrogens with one attached hydrogen (secondary N) is 1. The van der Waals surface area contributed by atoms with Crippen molar-refractivity contribution in [2.75, 3.05) is 19.6 Å². The smallest absolute Gasteiger partial charge is 0.239 e. The molecule has 8 atom stereocenters. The number of carbonyl (C=O) groups is 2. The van der Waals surface area contributed by atoms with E-state index in [-0.39, 0.29) is 24.5 Å².